The van der Waals surface area contributed by atoms with Crippen LogP contribution in [0.4, 0.5) is 0 Å². The molecule has 1 aliphatic carbocycles. The highest BCUT2D eigenvalue weighted by atomic mass is 32.1. The summed E-state index contributed by atoms with van der Waals surface area (Å²) in [4.78, 5) is 8.38. The van der Waals surface area contributed by atoms with E-state index in [1.807, 2.05) is 18.4 Å². The topological polar surface area (TPSA) is 48.9 Å². The summed E-state index contributed by atoms with van der Waals surface area (Å²) in [5, 5.41) is 9.28. The molecule has 2 N–H and O–H groups in total. The fourth-order valence-electron chi connectivity index (χ4n) is 4.24. The summed E-state index contributed by atoms with van der Waals surface area (Å²) in [5.41, 5.74) is 1.46. The van der Waals surface area contributed by atoms with Gasteiger partial charge >= 0.3 is 0 Å². The molecule has 4 rings (SSSR count). The number of ether oxygens (including phenoxy) is 1. The van der Waals surface area contributed by atoms with Crippen LogP contribution in [0.3, 0.4) is 0 Å². The van der Waals surface area contributed by atoms with Gasteiger partial charge in [0.15, 0.2) is 5.96 Å². The van der Waals surface area contributed by atoms with Crippen LogP contribution in [-0.4, -0.2) is 56.8 Å². The Morgan fingerprint density at radius 1 is 1.24 bits per heavy atom. The van der Waals surface area contributed by atoms with Crippen molar-refractivity contribution in [3.8, 4) is 0 Å². The largest absolute Gasteiger partial charge is 0.376 e. The van der Waals surface area contributed by atoms with Gasteiger partial charge < -0.3 is 15.4 Å². The van der Waals surface area contributed by atoms with Gasteiger partial charge in [0.1, 0.15) is 0 Å². The SMILES string of the molecule is CN=C(NCC1CC1c1ccccc1)NCC(c1cccs1)N1CCOC(C)C1. The number of rotatable bonds is 7. The fourth-order valence-corrected chi connectivity index (χ4v) is 5.10. The molecule has 2 heterocycles. The quantitative estimate of drug-likeness (QED) is 0.540. The lowest BCUT2D eigenvalue weighted by molar-refractivity contribution is -0.0334. The molecule has 4 unspecified atom stereocenters. The van der Waals surface area contributed by atoms with Crippen LogP contribution in [0.25, 0.3) is 0 Å². The van der Waals surface area contributed by atoms with Gasteiger partial charge in [-0.25, -0.2) is 0 Å². The summed E-state index contributed by atoms with van der Waals surface area (Å²) in [6, 6.07) is 15.6. The summed E-state index contributed by atoms with van der Waals surface area (Å²) in [6.07, 6.45) is 1.55. The van der Waals surface area contributed by atoms with Crippen LogP contribution in [0.5, 0.6) is 0 Å². The predicted octanol–water partition coefficient (Wildman–Crippen LogP) is 3.48. The Morgan fingerprint density at radius 2 is 2.10 bits per heavy atom. The predicted molar refractivity (Wildman–Crippen MR) is 121 cm³/mol. The molecule has 4 atom stereocenters. The van der Waals surface area contributed by atoms with Crippen molar-refractivity contribution in [2.45, 2.75) is 31.4 Å². The normalized spacial score (nSPS) is 26.1. The lowest BCUT2D eigenvalue weighted by Crippen LogP contribution is -2.48. The summed E-state index contributed by atoms with van der Waals surface area (Å²) in [5.74, 6) is 2.28. The highest BCUT2D eigenvalue weighted by molar-refractivity contribution is 7.10. The Labute approximate surface area is 178 Å². The summed E-state index contributed by atoms with van der Waals surface area (Å²) >= 11 is 1.83. The molecule has 0 spiro atoms. The van der Waals surface area contributed by atoms with Gasteiger partial charge in [-0.15, -0.1) is 11.3 Å². The number of morpholine rings is 1. The molecule has 5 nitrogen and oxygen atoms in total. The molecule has 1 saturated heterocycles. The molecule has 0 bridgehead atoms. The first kappa shape index (κ1) is 20.4. The second kappa shape index (κ2) is 9.74. The van der Waals surface area contributed by atoms with E-state index in [-0.39, 0.29) is 6.10 Å². The minimum Gasteiger partial charge on any atom is -0.376 e. The van der Waals surface area contributed by atoms with Crippen LogP contribution in [-0.2, 0) is 4.74 Å². The van der Waals surface area contributed by atoms with Crippen LogP contribution in [0.2, 0.25) is 0 Å². The van der Waals surface area contributed by atoms with Crippen molar-refractivity contribution in [2.24, 2.45) is 10.9 Å². The molecule has 1 saturated carbocycles. The minimum atomic E-state index is 0.286. The number of hydrogen-bond donors (Lipinski definition) is 2. The van der Waals surface area contributed by atoms with Crippen molar-refractivity contribution in [3.05, 3.63) is 58.3 Å². The van der Waals surface area contributed by atoms with E-state index < -0.39 is 0 Å². The van der Waals surface area contributed by atoms with Crippen molar-refractivity contribution >= 4 is 17.3 Å². The highest BCUT2D eigenvalue weighted by Gasteiger charge is 2.37. The van der Waals surface area contributed by atoms with Crippen LogP contribution < -0.4 is 10.6 Å². The lowest BCUT2D eigenvalue weighted by Gasteiger charge is -2.37. The smallest absolute Gasteiger partial charge is 0.191 e. The first-order chi connectivity index (χ1) is 14.2. The third kappa shape index (κ3) is 5.38. The minimum absolute atomic E-state index is 0.286. The molecular weight excluding hydrogens is 380 g/mol. The molecule has 29 heavy (non-hydrogen) atoms. The summed E-state index contributed by atoms with van der Waals surface area (Å²) < 4.78 is 5.75. The van der Waals surface area contributed by atoms with E-state index in [2.05, 4.69) is 75.3 Å². The zero-order valence-corrected chi connectivity index (χ0v) is 18.2. The van der Waals surface area contributed by atoms with Crippen LogP contribution >= 0.6 is 11.3 Å². The van der Waals surface area contributed by atoms with Crippen molar-refractivity contribution in [3.63, 3.8) is 0 Å². The molecular formula is C23H32N4OS. The second-order valence-electron chi connectivity index (χ2n) is 8.05. The van der Waals surface area contributed by atoms with Gasteiger partial charge in [0.2, 0.25) is 0 Å². The first-order valence-electron chi connectivity index (χ1n) is 10.6. The van der Waals surface area contributed by atoms with Crippen LogP contribution in [0, 0.1) is 5.92 Å². The molecule has 1 aromatic carbocycles. The summed E-state index contributed by atoms with van der Waals surface area (Å²) in [7, 11) is 1.86. The average molecular weight is 413 g/mol. The Kier molecular flexibility index (Phi) is 6.85. The first-order valence-corrected chi connectivity index (χ1v) is 11.5. The van der Waals surface area contributed by atoms with E-state index in [0.29, 0.717) is 17.9 Å². The highest BCUT2D eigenvalue weighted by Crippen LogP contribution is 2.46. The number of hydrogen-bond acceptors (Lipinski definition) is 4. The third-order valence-corrected chi connectivity index (χ3v) is 6.93. The molecule has 1 aliphatic heterocycles. The number of thiophene rings is 1. The van der Waals surface area contributed by atoms with E-state index in [0.717, 1.165) is 38.7 Å². The second-order valence-corrected chi connectivity index (χ2v) is 9.03. The number of guanidine groups is 1. The van der Waals surface area contributed by atoms with Gasteiger partial charge in [0.05, 0.1) is 18.8 Å². The van der Waals surface area contributed by atoms with E-state index in [1.165, 1.54) is 16.9 Å². The standard InChI is InChI=1S/C23H32N4OS/c1-17-16-27(10-11-28-17)21(22-9-6-12-29-22)15-26-23(24-2)25-14-19-13-20(19)18-7-4-3-5-8-18/h3-9,12,17,19-21H,10-11,13-16H2,1-2H3,(H2,24,25,26). The third-order valence-electron chi connectivity index (χ3n) is 5.95. The molecule has 0 radical (unpaired) electrons. The number of nitrogens with zero attached hydrogens (tertiary/aromatic N) is 2. The molecule has 0 amide bonds. The van der Waals surface area contributed by atoms with Gasteiger partial charge in [0.25, 0.3) is 0 Å². The number of nitrogens with one attached hydrogen (secondary N) is 2. The summed E-state index contributed by atoms with van der Waals surface area (Å²) in [6.45, 7) is 6.72. The maximum atomic E-state index is 5.75. The van der Waals surface area contributed by atoms with E-state index >= 15 is 0 Å². The average Bonchev–Trinajstić information content (AvgIpc) is 3.33. The fraction of sp³-hybridized carbons (Fsp3) is 0.522. The molecule has 1 aromatic heterocycles. The zero-order chi connectivity index (χ0) is 20.1. The Hall–Kier alpha value is -1.89. The maximum Gasteiger partial charge on any atom is 0.191 e. The van der Waals surface area contributed by atoms with Gasteiger partial charge in [0, 0.05) is 38.1 Å². The molecule has 2 fully saturated rings. The van der Waals surface area contributed by atoms with Gasteiger partial charge in [-0.2, -0.15) is 0 Å². The van der Waals surface area contributed by atoms with E-state index in [9.17, 15) is 0 Å². The maximum absolute atomic E-state index is 5.75. The zero-order valence-electron chi connectivity index (χ0n) is 17.4. The van der Waals surface area contributed by atoms with Crippen molar-refractivity contribution in [1.82, 2.24) is 15.5 Å². The van der Waals surface area contributed by atoms with Crippen molar-refractivity contribution < 1.29 is 4.74 Å². The Bertz CT molecular complexity index is 779. The van der Waals surface area contributed by atoms with E-state index in [1.54, 1.807) is 0 Å². The van der Waals surface area contributed by atoms with Gasteiger partial charge in [-0.05, 0) is 42.2 Å². The van der Waals surface area contributed by atoms with Crippen LogP contribution in [0.15, 0.2) is 52.8 Å². The van der Waals surface area contributed by atoms with Crippen molar-refractivity contribution in [1.29, 1.82) is 0 Å². The molecule has 2 aliphatic rings. The lowest BCUT2D eigenvalue weighted by atomic mass is 10.1. The monoisotopic (exact) mass is 412 g/mol. The molecule has 156 valence electrons. The Balaban J connectivity index is 1.29. The molecule has 6 heteroatoms. The van der Waals surface area contributed by atoms with Gasteiger partial charge in [-0.3, -0.25) is 9.89 Å². The van der Waals surface area contributed by atoms with Crippen LogP contribution in [0.1, 0.15) is 35.7 Å². The number of benzene rings is 1. The van der Waals surface area contributed by atoms with E-state index in [4.69, 9.17) is 4.74 Å². The van der Waals surface area contributed by atoms with Crippen molar-refractivity contribution in [2.75, 3.05) is 39.8 Å². The Morgan fingerprint density at radius 3 is 2.83 bits per heavy atom. The molecule has 2 aromatic rings. The van der Waals surface area contributed by atoms with Gasteiger partial charge in [-0.1, -0.05) is 36.4 Å². The number of aliphatic imine (C=N–C) groups is 1.